The first kappa shape index (κ1) is 52.0. The van der Waals surface area contributed by atoms with Gasteiger partial charge in [0.05, 0.1) is 24.6 Å². The fraction of sp³-hybridized carbons (Fsp3) is 0.185. The van der Waals surface area contributed by atoms with Crippen LogP contribution in [0.1, 0.15) is 66.6 Å². The van der Waals surface area contributed by atoms with E-state index < -0.39 is 0 Å². The summed E-state index contributed by atoms with van der Waals surface area (Å²) in [4.78, 5) is 50.7. The van der Waals surface area contributed by atoms with E-state index in [0.29, 0.717) is 54.2 Å². The number of hydrogen-bond acceptors (Lipinski definition) is 10. The lowest BCUT2D eigenvalue weighted by atomic mass is 9.87. The summed E-state index contributed by atoms with van der Waals surface area (Å²) in [6.07, 6.45) is 3.78. The van der Waals surface area contributed by atoms with E-state index in [-0.39, 0.29) is 62.3 Å². The van der Waals surface area contributed by atoms with Crippen LogP contribution in [-0.4, -0.2) is 71.5 Å². The van der Waals surface area contributed by atoms with Crippen LogP contribution in [0.25, 0.3) is 11.6 Å². The number of aliphatic hydroxyl groups excluding tert-OH is 2. The van der Waals surface area contributed by atoms with Gasteiger partial charge in [-0.05, 0) is 104 Å². The molecule has 0 aromatic heterocycles. The van der Waals surface area contributed by atoms with Gasteiger partial charge >= 0.3 is 0 Å². The molecule has 1 aliphatic rings. The third-order valence-corrected chi connectivity index (χ3v) is 11.8. The molecule has 1 atom stereocenters. The van der Waals surface area contributed by atoms with Gasteiger partial charge < -0.3 is 43.4 Å². The number of Topliss-reactive ketones (excluding diaryl/α,β-unsaturated/α-hetero) is 1. The predicted octanol–water partition coefficient (Wildman–Crippen LogP) is 7.16. The molecule has 13 nitrogen and oxygen atoms in total. The quantitative estimate of drug-likeness (QED) is 0.0211. The molecular weight excluding hydrogens is 970 g/mol. The number of rotatable bonds is 16. The number of ketones is 1. The van der Waals surface area contributed by atoms with Crippen molar-refractivity contribution in [3.05, 3.63) is 206 Å². The Bertz CT molecular complexity index is 2670. The monoisotopic (exact) mass is 1030 g/mol. The maximum Gasteiger partial charge on any atom is 0.255 e. The molecule has 352 valence electrons. The van der Waals surface area contributed by atoms with Crippen LogP contribution in [0.5, 0.6) is 0 Å². The van der Waals surface area contributed by atoms with Crippen molar-refractivity contribution in [2.45, 2.75) is 32.0 Å². The van der Waals surface area contributed by atoms with Crippen LogP contribution in [0.4, 0.5) is 17.1 Å². The zero-order chi connectivity index (χ0) is 48.8. The van der Waals surface area contributed by atoms with Crippen molar-refractivity contribution in [1.29, 1.82) is 0 Å². The Kier molecular flexibility index (Phi) is 20.7. The molecule has 0 radical (unpaired) electrons. The highest BCUT2D eigenvalue weighted by Gasteiger charge is 2.31. The van der Waals surface area contributed by atoms with Gasteiger partial charge in [-0.15, -0.1) is 0 Å². The van der Waals surface area contributed by atoms with Gasteiger partial charge in [-0.2, -0.15) is 0 Å². The van der Waals surface area contributed by atoms with Gasteiger partial charge in [0.2, 0.25) is 11.8 Å². The number of hydrogen-bond donors (Lipinski definition) is 8. The average molecular weight is 1030 g/mol. The standard InChI is InChI=1S/C29H31N3O3.C14H15N3O.C11H12INO2/c1-20-18-32(27(17-29(35)31-14-15-33)25-8-4-3-7-24(20)25)19-21-10-12-22(13-11-21)28(34)16-23-6-2-5-9-26(23)30;15-9-10-5-7-11(8-6-10)14(18)17-13-4-2-1-3-12(13)16;12-10-4-2-1-3-9(10)5-6-11(15)13-7-8-14/h2-13,27,33H,1,14-19,30H2,(H,31,35);1-8H,9,15-16H2,(H,17,18);1-6,14H,7-8H2,(H,13,15)/b;;6-5+. The number of anilines is 3. The number of aliphatic hydroxyl groups is 2. The van der Waals surface area contributed by atoms with Crippen LogP contribution < -0.4 is 33.2 Å². The summed E-state index contributed by atoms with van der Waals surface area (Å²) in [7, 11) is 0. The van der Waals surface area contributed by atoms with Gasteiger partial charge in [-0.1, -0.05) is 116 Å². The number of nitrogens with zero attached hydrogens (tertiary/aromatic N) is 1. The molecular formula is C54H58IN7O6. The molecule has 6 aromatic carbocycles. The van der Waals surface area contributed by atoms with Gasteiger partial charge in [0.1, 0.15) is 0 Å². The third-order valence-electron chi connectivity index (χ3n) is 10.8. The molecule has 0 fully saturated rings. The van der Waals surface area contributed by atoms with Crippen molar-refractivity contribution < 1.29 is 29.4 Å². The second-order valence-electron chi connectivity index (χ2n) is 15.7. The summed E-state index contributed by atoms with van der Waals surface area (Å²) >= 11 is 2.21. The predicted molar refractivity (Wildman–Crippen MR) is 280 cm³/mol. The summed E-state index contributed by atoms with van der Waals surface area (Å²) in [5.74, 6) is -0.453. The SMILES string of the molecule is C=C1CN(Cc2ccc(C(=O)Cc3ccccc3N)cc2)C(CC(=O)NCCO)c2ccccc21.NCc1ccc(C(=O)Nc2ccccc2N)cc1.O=C(/C=C/c1ccccc1I)NCCO. The highest BCUT2D eigenvalue weighted by molar-refractivity contribution is 14.1. The van der Waals surface area contributed by atoms with Crippen LogP contribution in [-0.2, 0) is 29.1 Å². The minimum Gasteiger partial charge on any atom is -0.398 e. The lowest BCUT2D eigenvalue weighted by molar-refractivity contribution is -0.122. The topological polar surface area (TPSA) is 226 Å². The highest BCUT2D eigenvalue weighted by atomic mass is 127. The Morgan fingerprint density at radius 2 is 1.32 bits per heavy atom. The van der Waals surface area contributed by atoms with Crippen molar-refractivity contribution >= 4 is 74.8 Å². The lowest BCUT2D eigenvalue weighted by Crippen LogP contribution is -2.38. The minimum absolute atomic E-state index is 0.0214. The number of carbonyl (C=O) groups is 4. The molecule has 6 aromatic rings. The number of nitrogen functional groups attached to an aromatic ring is 2. The Morgan fingerprint density at radius 1 is 0.721 bits per heavy atom. The Morgan fingerprint density at radius 3 is 2.00 bits per heavy atom. The Labute approximate surface area is 411 Å². The van der Waals surface area contributed by atoms with E-state index in [9.17, 15) is 19.2 Å². The van der Waals surface area contributed by atoms with Crippen molar-refractivity contribution in [3.8, 4) is 0 Å². The molecule has 0 bridgehead atoms. The zero-order valence-corrected chi connectivity index (χ0v) is 39.9. The fourth-order valence-corrected chi connectivity index (χ4v) is 7.77. The summed E-state index contributed by atoms with van der Waals surface area (Å²) < 4.78 is 1.10. The van der Waals surface area contributed by atoms with Crippen molar-refractivity contribution in [3.63, 3.8) is 0 Å². The lowest BCUT2D eigenvalue weighted by Gasteiger charge is -2.38. The summed E-state index contributed by atoms with van der Waals surface area (Å²) in [6, 6.07) is 45.1. The van der Waals surface area contributed by atoms with E-state index >= 15 is 0 Å². The highest BCUT2D eigenvalue weighted by Crippen LogP contribution is 2.37. The smallest absolute Gasteiger partial charge is 0.255 e. The number of para-hydroxylation sites is 3. The van der Waals surface area contributed by atoms with E-state index in [4.69, 9.17) is 27.4 Å². The normalized spacial score (nSPS) is 12.9. The Hall–Kier alpha value is -6.95. The number of amides is 3. The van der Waals surface area contributed by atoms with Crippen LogP contribution in [0.3, 0.4) is 0 Å². The molecule has 0 saturated heterocycles. The number of carbonyl (C=O) groups excluding carboxylic acids is 4. The van der Waals surface area contributed by atoms with E-state index in [2.05, 4.69) is 50.0 Å². The summed E-state index contributed by atoms with van der Waals surface area (Å²) in [5.41, 5.74) is 27.3. The molecule has 1 unspecified atom stereocenters. The zero-order valence-electron chi connectivity index (χ0n) is 37.7. The molecule has 1 aliphatic heterocycles. The minimum atomic E-state index is -0.191. The molecule has 0 spiro atoms. The van der Waals surface area contributed by atoms with E-state index in [1.54, 1.807) is 36.4 Å². The van der Waals surface area contributed by atoms with Crippen molar-refractivity contribution in [1.82, 2.24) is 15.5 Å². The van der Waals surface area contributed by atoms with Gasteiger partial charge in [0.15, 0.2) is 5.78 Å². The van der Waals surface area contributed by atoms with Crippen molar-refractivity contribution in [2.75, 3.05) is 49.6 Å². The second kappa shape index (κ2) is 27.0. The van der Waals surface area contributed by atoms with Gasteiger partial charge in [0, 0.05) is 78.1 Å². The second-order valence-corrected chi connectivity index (χ2v) is 16.9. The number of fused-ring (bicyclic) bond motifs is 1. The van der Waals surface area contributed by atoms with Crippen LogP contribution in [0, 0.1) is 3.57 Å². The molecule has 1 heterocycles. The molecule has 0 saturated carbocycles. The first-order valence-electron chi connectivity index (χ1n) is 22.0. The van der Waals surface area contributed by atoms with Crippen LogP contribution in [0.2, 0.25) is 0 Å². The van der Waals surface area contributed by atoms with Crippen LogP contribution in [0.15, 0.2) is 158 Å². The molecule has 14 heteroatoms. The molecule has 11 N–H and O–H groups in total. The van der Waals surface area contributed by atoms with Gasteiger partial charge in [-0.3, -0.25) is 24.1 Å². The Balaban J connectivity index is 0.000000218. The summed E-state index contributed by atoms with van der Waals surface area (Å²) in [5, 5.41) is 25.6. The number of halogens is 1. The first-order valence-corrected chi connectivity index (χ1v) is 23.1. The van der Waals surface area contributed by atoms with E-state index in [1.165, 1.54) is 6.08 Å². The number of nitrogens with one attached hydrogen (secondary N) is 3. The maximum absolute atomic E-state index is 12.8. The third kappa shape index (κ3) is 15.8. The fourth-order valence-electron chi connectivity index (χ4n) is 7.21. The first-order chi connectivity index (χ1) is 32.9. The van der Waals surface area contributed by atoms with E-state index in [0.717, 1.165) is 42.5 Å². The largest absolute Gasteiger partial charge is 0.398 e. The molecule has 0 aliphatic carbocycles. The maximum atomic E-state index is 12.8. The van der Waals surface area contributed by atoms with Crippen molar-refractivity contribution in [2.24, 2.45) is 5.73 Å². The number of benzene rings is 6. The molecule has 3 amide bonds. The molecule has 7 rings (SSSR count). The van der Waals surface area contributed by atoms with E-state index in [1.807, 2.05) is 115 Å². The van der Waals surface area contributed by atoms with Crippen LogP contribution >= 0.6 is 22.6 Å². The van der Waals surface area contributed by atoms with Gasteiger partial charge in [0.25, 0.3) is 5.91 Å². The average Bonchev–Trinajstić information content (AvgIpc) is 3.35. The number of nitrogens with two attached hydrogens (primary N) is 3. The molecule has 68 heavy (non-hydrogen) atoms. The van der Waals surface area contributed by atoms with Gasteiger partial charge in [-0.25, -0.2) is 0 Å². The summed E-state index contributed by atoms with van der Waals surface area (Å²) in [6.45, 7) is 6.39.